The van der Waals surface area contributed by atoms with Crippen molar-refractivity contribution >= 4 is 39.2 Å². The lowest BCUT2D eigenvalue weighted by molar-refractivity contribution is -0.119. The molecule has 0 bridgehead atoms. The highest BCUT2D eigenvalue weighted by Crippen LogP contribution is 2.39. The fourth-order valence-electron chi connectivity index (χ4n) is 2.22. The molecule has 3 N–H and O–H groups in total. The van der Waals surface area contributed by atoms with E-state index in [2.05, 4.69) is 5.32 Å². The molecule has 0 aromatic heterocycles. The van der Waals surface area contributed by atoms with Crippen LogP contribution in [-0.2, 0) is 19.6 Å². The topological polar surface area (TPSA) is 134 Å². The number of hydrogen-bond donors (Lipinski definition) is 2. The van der Waals surface area contributed by atoms with Crippen LogP contribution in [0, 0.1) is 0 Å². The Balaban J connectivity index is 1.58. The molecule has 0 atom stereocenters. The minimum atomic E-state index is -3.82. The van der Waals surface area contributed by atoms with Crippen molar-refractivity contribution in [1.82, 2.24) is 0 Å². The molecule has 2 aromatic rings. The van der Waals surface area contributed by atoms with Gasteiger partial charge in [0.15, 0.2) is 18.1 Å². The quantitative estimate of drug-likeness (QED) is 0.711. The van der Waals surface area contributed by atoms with Crippen molar-refractivity contribution < 1.29 is 32.2 Å². The van der Waals surface area contributed by atoms with Crippen LogP contribution in [0.2, 0.25) is 5.02 Å². The van der Waals surface area contributed by atoms with Gasteiger partial charge in [0.1, 0.15) is 0 Å². The number of esters is 1. The van der Waals surface area contributed by atoms with Crippen LogP contribution in [0.5, 0.6) is 11.5 Å². The van der Waals surface area contributed by atoms with Crippen molar-refractivity contribution in [3.05, 3.63) is 47.0 Å². The second-order valence-electron chi connectivity index (χ2n) is 5.39. The first-order valence-electron chi connectivity index (χ1n) is 7.43. The zero-order valence-electron chi connectivity index (χ0n) is 13.6. The third-order valence-corrected chi connectivity index (χ3v) is 4.67. The molecule has 9 nitrogen and oxygen atoms in total. The summed E-state index contributed by atoms with van der Waals surface area (Å²) in [5.41, 5.74) is 0.420. The Morgan fingerprint density at radius 1 is 1.19 bits per heavy atom. The third kappa shape index (κ3) is 4.48. The summed E-state index contributed by atoms with van der Waals surface area (Å²) >= 11 is 5.99. The lowest BCUT2D eigenvalue weighted by atomic mass is 10.2. The fraction of sp³-hybridized carbons (Fsp3) is 0.125. The van der Waals surface area contributed by atoms with Crippen LogP contribution in [0.15, 0.2) is 41.3 Å². The fourth-order valence-corrected chi connectivity index (χ4v) is 3.01. The van der Waals surface area contributed by atoms with E-state index in [-0.39, 0.29) is 22.3 Å². The van der Waals surface area contributed by atoms with Gasteiger partial charge in [-0.3, -0.25) is 4.79 Å². The smallest absolute Gasteiger partial charge is 0.338 e. The van der Waals surface area contributed by atoms with E-state index in [1.165, 1.54) is 36.4 Å². The van der Waals surface area contributed by atoms with Gasteiger partial charge in [0, 0.05) is 5.69 Å². The molecule has 0 saturated carbocycles. The number of carbonyl (C=O) groups is 2. The van der Waals surface area contributed by atoms with Gasteiger partial charge < -0.3 is 19.5 Å². The van der Waals surface area contributed by atoms with Gasteiger partial charge in [0.2, 0.25) is 16.8 Å². The van der Waals surface area contributed by atoms with E-state index in [0.29, 0.717) is 17.2 Å². The van der Waals surface area contributed by atoms with Gasteiger partial charge in [-0.05, 0) is 36.4 Å². The summed E-state index contributed by atoms with van der Waals surface area (Å²) in [4.78, 5) is 23.9. The van der Waals surface area contributed by atoms with Crippen molar-refractivity contribution in [2.45, 2.75) is 4.90 Å². The van der Waals surface area contributed by atoms with Crippen LogP contribution in [0.3, 0.4) is 0 Å². The number of amides is 1. The summed E-state index contributed by atoms with van der Waals surface area (Å²) in [7, 11) is -3.82. The molecule has 27 heavy (non-hydrogen) atoms. The molecule has 0 unspecified atom stereocenters. The first kappa shape index (κ1) is 19.0. The Morgan fingerprint density at radius 2 is 1.89 bits per heavy atom. The largest absolute Gasteiger partial charge is 0.454 e. The minimum absolute atomic E-state index is 0.000206. The van der Waals surface area contributed by atoms with E-state index in [0.717, 1.165) is 0 Å². The van der Waals surface area contributed by atoms with Gasteiger partial charge in [-0.1, -0.05) is 11.6 Å². The molecule has 1 heterocycles. The lowest BCUT2D eigenvalue weighted by Crippen LogP contribution is -2.21. The van der Waals surface area contributed by atoms with E-state index in [4.69, 9.17) is 31.0 Å². The van der Waals surface area contributed by atoms with Gasteiger partial charge in [-0.25, -0.2) is 18.4 Å². The number of carbonyl (C=O) groups excluding carboxylic acids is 2. The van der Waals surface area contributed by atoms with E-state index in [1.54, 1.807) is 0 Å². The predicted octanol–water partition coefficient (Wildman–Crippen LogP) is 1.51. The molecule has 2 aromatic carbocycles. The van der Waals surface area contributed by atoms with Crippen molar-refractivity contribution in [3.63, 3.8) is 0 Å². The van der Waals surface area contributed by atoms with Crippen LogP contribution >= 0.6 is 11.6 Å². The molecule has 0 fully saturated rings. The van der Waals surface area contributed by atoms with E-state index < -0.39 is 28.5 Å². The van der Waals surface area contributed by atoms with E-state index in [1.807, 2.05) is 0 Å². The highest BCUT2D eigenvalue weighted by molar-refractivity contribution is 7.89. The van der Waals surface area contributed by atoms with Crippen molar-refractivity contribution in [1.29, 1.82) is 0 Å². The van der Waals surface area contributed by atoms with Crippen molar-refractivity contribution in [3.8, 4) is 11.5 Å². The standard InChI is InChI=1S/C16H13ClN2O7S/c17-12-5-9(6-13-15(12)26-8-25-13)16(21)24-7-14(20)19-10-1-3-11(4-2-10)27(18,22)23/h1-6H,7-8H2,(H,19,20)(H2,18,22,23). The van der Waals surface area contributed by atoms with Crippen LogP contribution < -0.4 is 19.9 Å². The summed E-state index contributed by atoms with van der Waals surface area (Å²) in [5.74, 6) is -0.726. The number of ether oxygens (including phenoxy) is 3. The Morgan fingerprint density at radius 3 is 2.56 bits per heavy atom. The first-order chi connectivity index (χ1) is 12.7. The monoisotopic (exact) mass is 412 g/mol. The van der Waals surface area contributed by atoms with Crippen molar-refractivity contribution in [2.24, 2.45) is 5.14 Å². The van der Waals surface area contributed by atoms with Crippen LogP contribution in [0.4, 0.5) is 5.69 Å². The summed E-state index contributed by atoms with van der Waals surface area (Å²) < 4.78 is 37.6. The average Bonchev–Trinajstić information content (AvgIpc) is 3.08. The van der Waals surface area contributed by atoms with Gasteiger partial charge in [-0.15, -0.1) is 0 Å². The predicted molar refractivity (Wildman–Crippen MR) is 94.3 cm³/mol. The molecule has 1 amide bonds. The Hall–Kier alpha value is -2.82. The Labute approximate surface area is 159 Å². The number of halogens is 1. The highest BCUT2D eigenvalue weighted by Gasteiger charge is 2.21. The minimum Gasteiger partial charge on any atom is -0.454 e. The zero-order valence-corrected chi connectivity index (χ0v) is 15.2. The number of fused-ring (bicyclic) bond motifs is 1. The summed E-state index contributed by atoms with van der Waals surface area (Å²) in [6, 6.07) is 7.95. The van der Waals surface area contributed by atoms with Gasteiger partial charge >= 0.3 is 5.97 Å². The SMILES string of the molecule is NS(=O)(=O)c1ccc(NC(=O)COC(=O)c2cc(Cl)c3c(c2)OCO3)cc1. The molecule has 3 rings (SSSR count). The second kappa shape index (κ2) is 7.43. The molecule has 0 saturated heterocycles. The molecule has 142 valence electrons. The normalized spacial score (nSPS) is 12.5. The van der Waals surface area contributed by atoms with Crippen LogP contribution in [0.25, 0.3) is 0 Å². The summed E-state index contributed by atoms with van der Waals surface area (Å²) in [6.45, 7) is -0.554. The summed E-state index contributed by atoms with van der Waals surface area (Å²) in [6.07, 6.45) is 0. The van der Waals surface area contributed by atoms with E-state index >= 15 is 0 Å². The third-order valence-electron chi connectivity index (χ3n) is 3.46. The zero-order chi connectivity index (χ0) is 19.6. The molecule has 0 spiro atoms. The molecule has 0 radical (unpaired) electrons. The average molecular weight is 413 g/mol. The molecule has 1 aliphatic rings. The Kier molecular flexibility index (Phi) is 5.22. The summed E-state index contributed by atoms with van der Waals surface area (Å²) in [5, 5.41) is 7.64. The maximum Gasteiger partial charge on any atom is 0.338 e. The van der Waals surface area contributed by atoms with Crippen LogP contribution in [0.1, 0.15) is 10.4 Å². The second-order valence-corrected chi connectivity index (χ2v) is 7.35. The van der Waals surface area contributed by atoms with Gasteiger partial charge in [0.05, 0.1) is 15.5 Å². The lowest BCUT2D eigenvalue weighted by Gasteiger charge is -2.08. The van der Waals surface area contributed by atoms with Crippen molar-refractivity contribution in [2.75, 3.05) is 18.7 Å². The number of sulfonamides is 1. The van der Waals surface area contributed by atoms with Crippen LogP contribution in [-0.4, -0.2) is 33.7 Å². The molecular weight excluding hydrogens is 400 g/mol. The first-order valence-corrected chi connectivity index (χ1v) is 9.35. The number of primary sulfonamides is 1. The molecule has 0 aliphatic carbocycles. The maximum atomic E-state index is 12.1. The van der Waals surface area contributed by atoms with Gasteiger partial charge in [0.25, 0.3) is 5.91 Å². The highest BCUT2D eigenvalue weighted by atomic mass is 35.5. The molecular formula is C16H13ClN2O7S. The van der Waals surface area contributed by atoms with E-state index in [9.17, 15) is 18.0 Å². The number of hydrogen-bond acceptors (Lipinski definition) is 7. The number of anilines is 1. The molecule has 11 heteroatoms. The number of rotatable bonds is 5. The maximum absolute atomic E-state index is 12.1. The Bertz CT molecular complexity index is 1010. The molecule has 1 aliphatic heterocycles. The number of nitrogens with two attached hydrogens (primary N) is 1. The number of benzene rings is 2. The van der Waals surface area contributed by atoms with Gasteiger partial charge in [-0.2, -0.15) is 0 Å². The number of nitrogens with one attached hydrogen (secondary N) is 1.